The molecule has 0 saturated heterocycles. The molecule has 0 saturated carbocycles. The zero-order valence-corrected chi connectivity index (χ0v) is 39.9. The van der Waals surface area contributed by atoms with Gasteiger partial charge in [0.05, 0.1) is 44.3 Å². The zero-order valence-electron chi connectivity index (χ0n) is 35.1. The quantitative estimate of drug-likeness (QED) is 0.0972. The number of fused-ring (bicyclic) bond motifs is 2. The molecule has 0 aliphatic carbocycles. The van der Waals surface area contributed by atoms with Gasteiger partial charge in [0, 0.05) is 29.2 Å². The SMILES string of the molecule is CC(C)(O)C#CC1=CN(c2cc(S(=O)(=O)[O-])ccc2S(=O)(=O)[O-])C2=N/C(=C\C=C\C3=Nc4c(cc(C#CC(C)(C)O)c[n+]4CCCCCC(=O)O)C3(C)C)C(C)(C)C2=C1.[K+]. The number of carboxylic acid groups (broad SMARTS) is 1. The van der Waals surface area contributed by atoms with Crippen LogP contribution in [0.15, 0.2) is 97.6 Å². The van der Waals surface area contributed by atoms with Gasteiger partial charge in [0.25, 0.3) is 0 Å². The summed E-state index contributed by atoms with van der Waals surface area (Å²) in [6.07, 6.45) is 12.4. The van der Waals surface area contributed by atoms with Gasteiger partial charge in [-0.25, -0.2) is 26.4 Å². The largest absolute Gasteiger partial charge is 1.00 e. The number of aromatic nitrogens is 1. The molecule has 1 aromatic carbocycles. The maximum atomic E-state index is 12.5. The molecule has 3 aliphatic heterocycles. The monoisotopic (exact) mass is 882 g/mol. The first kappa shape index (κ1) is 49.1. The van der Waals surface area contributed by atoms with Gasteiger partial charge in [-0.1, -0.05) is 43.6 Å². The average molecular weight is 883 g/mol. The minimum Gasteiger partial charge on any atom is -0.744 e. The molecule has 0 bridgehead atoms. The maximum absolute atomic E-state index is 12.5. The Balaban J connectivity index is 0.00000794. The van der Waals surface area contributed by atoms with Crippen molar-refractivity contribution in [2.24, 2.45) is 15.4 Å². The number of aliphatic imine (C=N–C) groups is 2. The van der Waals surface area contributed by atoms with Crippen LogP contribution in [0.4, 0.5) is 11.5 Å². The third-order valence-corrected chi connectivity index (χ3v) is 11.5. The van der Waals surface area contributed by atoms with E-state index in [0.29, 0.717) is 48.4 Å². The molecule has 3 aliphatic rings. The second-order valence-corrected chi connectivity index (χ2v) is 19.4. The minimum atomic E-state index is -5.20. The van der Waals surface area contributed by atoms with Gasteiger partial charge in [-0.3, -0.25) is 9.69 Å². The number of allylic oxidation sites excluding steroid dienone is 6. The van der Waals surface area contributed by atoms with Crippen LogP contribution in [0.2, 0.25) is 0 Å². The Bertz CT molecular complexity index is 2650. The Labute approximate surface area is 394 Å². The van der Waals surface area contributed by atoms with E-state index in [0.717, 1.165) is 29.6 Å². The molecule has 0 amide bonds. The van der Waals surface area contributed by atoms with Crippen LogP contribution in [0, 0.1) is 29.1 Å². The first-order valence-electron chi connectivity index (χ1n) is 18.7. The molecular formula is C43H47KN4O10S2. The fourth-order valence-electron chi connectivity index (χ4n) is 6.62. The normalized spacial score (nSPS) is 17.6. The van der Waals surface area contributed by atoms with Crippen molar-refractivity contribution in [1.29, 1.82) is 0 Å². The van der Waals surface area contributed by atoms with Crippen LogP contribution < -0.4 is 60.9 Å². The number of carboxylic acids is 1. The number of nitrogens with zero attached hydrogens (tertiary/aromatic N) is 4. The molecule has 0 unspecified atom stereocenters. The van der Waals surface area contributed by atoms with E-state index < -0.39 is 63.7 Å². The summed E-state index contributed by atoms with van der Waals surface area (Å²) in [6.45, 7) is 14.5. The second-order valence-electron chi connectivity index (χ2n) is 16.6. The fourth-order valence-corrected chi connectivity index (χ4v) is 7.76. The molecule has 3 N–H and O–H groups in total. The molecule has 0 atom stereocenters. The minimum absolute atomic E-state index is 0. The van der Waals surface area contributed by atoms with E-state index in [1.54, 1.807) is 32.1 Å². The van der Waals surface area contributed by atoms with Crippen LogP contribution >= 0.6 is 0 Å². The summed E-state index contributed by atoms with van der Waals surface area (Å²) >= 11 is 0. The van der Waals surface area contributed by atoms with E-state index in [2.05, 4.69) is 23.7 Å². The van der Waals surface area contributed by atoms with Gasteiger partial charge >= 0.3 is 63.2 Å². The van der Waals surface area contributed by atoms with Gasteiger partial charge in [0.2, 0.25) is 0 Å². The summed E-state index contributed by atoms with van der Waals surface area (Å²) in [6, 6.07) is 4.29. The summed E-state index contributed by atoms with van der Waals surface area (Å²) in [5.41, 5.74) is -0.917. The molecule has 60 heavy (non-hydrogen) atoms. The van der Waals surface area contributed by atoms with Crippen LogP contribution in [0.5, 0.6) is 0 Å². The molecule has 0 radical (unpaired) electrons. The summed E-state index contributed by atoms with van der Waals surface area (Å²) in [7, 11) is -10.3. The molecular weight excluding hydrogens is 836 g/mol. The van der Waals surface area contributed by atoms with Gasteiger partial charge in [-0.2, -0.15) is 0 Å². The number of aliphatic hydroxyl groups is 2. The van der Waals surface area contributed by atoms with Crippen molar-refractivity contribution in [3.63, 3.8) is 0 Å². The van der Waals surface area contributed by atoms with E-state index in [-0.39, 0.29) is 69.2 Å². The zero-order chi connectivity index (χ0) is 43.9. The van der Waals surface area contributed by atoms with Crippen LogP contribution in [-0.2, 0) is 37.0 Å². The molecule has 312 valence electrons. The van der Waals surface area contributed by atoms with Gasteiger partial charge < -0.3 is 24.4 Å². The van der Waals surface area contributed by atoms with Gasteiger partial charge in [0.1, 0.15) is 43.5 Å². The molecule has 14 nitrogen and oxygen atoms in total. The van der Waals surface area contributed by atoms with Crippen molar-refractivity contribution in [2.75, 3.05) is 4.90 Å². The summed E-state index contributed by atoms with van der Waals surface area (Å²) in [5.74, 6) is 11.5. The molecule has 1 aromatic heterocycles. The number of aryl methyl sites for hydroxylation is 1. The Morgan fingerprint density at radius 1 is 0.917 bits per heavy atom. The van der Waals surface area contributed by atoms with E-state index in [1.165, 1.54) is 24.9 Å². The van der Waals surface area contributed by atoms with Crippen molar-refractivity contribution in [1.82, 2.24) is 0 Å². The van der Waals surface area contributed by atoms with Gasteiger partial charge in [-0.15, -0.1) is 0 Å². The van der Waals surface area contributed by atoms with Crippen LogP contribution in [-0.4, -0.2) is 70.0 Å². The van der Waals surface area contributed by atoms with Crippen molar-refractivity contribution < 1.29 is 102 Å². The van der Waals surface area contributed by atoms with Crippen molar-refractivity contribution in [3.05, 3.63) is 88.9 Å². The van der Waals surface area contributed by atoms with Crippen molar-refractivity contribution in [3.8, 4) is 23.7 Å². The first-order chi connectivity index (χ1) is 27.1. The third kappa shape index (κ3) is 11.7. The number of hydrogen-bond acceptors (Lipinski definition) is 12. The summed E-state index contributed by atoms with van der Waals surface area (Å²) in [4.78, 5) is 20.6. The van der Waals surface area contributed by atoms with Crippen LogP contribution in [0.25, 0.3) is 0 Å². The van der Waals surface area contributed by atoms with E-state index in [4.69, 9.17) is 15.1 Å². The van der Waals surface area contributed by atoms with Gasteiger partial charge in [0.15, 0.2) is 5.71 Å². The number of rotatable bonds is 11. The summed E-state index contributed by atoms with van der Waals surface area (Å²) < 4.78 is 75.6. The number of amidine groups is 1. The standard InChI is InChI=1S/C43H48N4O10S2.K/c1-40(2,50)20-18-28-23-31-38(46(26-28)22-11-9-10-15-37(48)49)44-35(42(31,5)6)13-12-14-36-43(7,8)32-24-29(19-21-41(3,4)51)27-47(39(32)45-36)33-25-30(58(52,53)54)16-17-34(33)59(55,56)57;/h12-14,16-17,23-27,50-51H,9-11,15,22H2,1-8H3,(H2-,48,49,52,53,54,55,56,57);/q;+1/p-1. The number of unbranched alkanes of at least 4 members (excludes halogenated alkanes) is 2. The predicted molar refractivity (Wildman–Crippen MR) is 220 cm³/mol. The van der Waals surface area contributed by atoms with Gasteiger partial charge in [-0.05, 0) is 108 Å². The molecule has 5 rings (SSSR count). The predicted octanol–water partition coefficient (Wildman–Crippen LogP) is 1.90. The average Bonchev–Trinajstić information content (AvgIpc) is 3.51. The Hall–Kier alpha value is -3.56. The van der Waals surface area contributed by atoms with E-state index in [1.807, 2.05) is 50.6 Å². The number of anilines is 1. The Morgan fingerprint density at radius 2 is 1.57 bits per heavy atom. The van der Waals surface area contributed by atoms with Crippen LogP contribution in [0.3, 0.4) is 0 Å². The number of carbonyl (C=O) groups is 1. The third-order valence-electron chi connectivity index (χ3n) is 9.80. The number of pyridine rings is 1. The molecule has 17 heteroatoms. The van der Waals surface area contributed by atoms with E-state index >= 15 is 0 Å². The maximum Gasteiger partial charge on any atom is 1.00 e. The molecule has 4 heterocycles. The summed E-state index contributed by atoms with van der Waals surface area (Å²) in [5, 5.41) is 29.7. The molecule has 0 spiro atoms. The number of benzene rings is 1. The topological polar surface area (TPSA) is 224 Å². The number of aliphatic carboxylic acids is 1. The smallest absolute Gasteiger partial charge is 0.744 e. The Kier molecular flexibility index (Phi) is 14.8. The van der Waals surface area contributed by atoms with E-state index in [9.17, 15) is 40.9 Å². The van der Waals surface area contributed by atoms with Crippen LogP contribution in [0.1, 0.15) is 92.2 Å². The number of hydrogen-bond donors (Lipinski definition) is 3. The second kappa shape index (κ2) is 18.0. The van der Waals surface area contributed by atoms with Crippen molar-refractivity contribution >= 4 is 49.3 Å². The fraction of sp³-hybridized carbons (Fsp3) is 0.395. The molecule has 0 fully saturated rings. The Morgan fingerprint density at radius 3 is 2.17 bits per heavy atom. The molecule has 2 aromatic rings. The van der Waals surface area contributed by atoms with Crippen molar-refractivity contribution in [2.45, 2.75) is 114 Å². The first-order valence-corrected chi connectivity index (χ1v) is 21.6.